The zero-order valence-corrected chi connectivity index (χ0v) is 18.1. The maximum atomic E-state index is 6.25. The van der Waals surface area contributed by atoms with Crippen LogP contribution in [0, 0.1) is 0 Å². The van der Waals surface area contributed by atoms with E-state index >= 15 is 0 Å². The van der Waals surface area contributed by atoms with E-state index < -0.39 is 0 Å². The maximum absolute atomic E-state index is 6.25. The molecule has 0 spiro atoms. The summed E-state index contributed by atoms with van der Waals surface area (Å²) in [6.45, 7) is 17.0. The summed E-state index contributed by atoms with van der Waals surface area (Å²) >= 11 is 0. The first kappa shape index (κ1) is 20.2. The van der Waals surface area contributed by atoms with Gasteiger partial charge in [0.2, 0.25) is 0 Å². The lowest BCUT2D eigenvalue weighted by atomic mass is 9.74. The standard InChI is InChI=1S/C22H27BO2.C2H6/c1-7-22(6)18-11-9-8-10-16(18)17-14-15(12-13-19(17)22)23-24-20(2,3)21(4,5)25-23;1-2/h8-14H,7H2,1-6H3;1-2H3. The van der Waals surface area contributed by atoms with Crippen LogP contribution in [-0.4, -0.2) is 18.3 Å². The SMILES string of the molecule is CC.CCC1(C)c2ccccc2-c2cc(B3OC(C)(C)C(C)(C)O3)ccc21. The fourth-order valence-electron chi connectivity index (χ4n) is 4.12. The van der Waals surface area contributed by atoms with Gasteiger partial charge in [-0.15, -0.1) is 0 Å². The molecule has 4 rings (SSSR count). The van der Waals surface area contributed by atoms with Gasteiger partial charge in [-0.2, -0.15) is 0 Å². The largest absolute Gasteiger partial charge is 0.494 e. The molecule has 2 nitrogen and oxygen atoms in total. The van der Waals surface area contributed by atoms with Crippen molar-refractivity contribution in [3.63, 3.8) is 0 Å². The Labute approximate surface area is 165 Å². The molecule has 3 heteroatoms. The van der Waals surface area contributed by atoms with E-state index in [2.05, 4.69) is 84.0 Å². The van der Waals surface area contributed by atoms with Gasteiger partial charge in [0, 0.05) is 5.41 Å². The second-order valence-electron chi connectivity index (χ2n) is 8.62. The highest BCUT2D eigenvalue weighted by molar-refractivity contribution is 6.62. The van der Waals surface area contributed by atoms with E-state index in [-0.39, 0.29) is 23.7 Å². The number of hydrogen-bond acceptors (Lipinski definition) is 2. The van der Waals surface area contributed by atoms with Gasteiger partial charge in [0.25, 0.3) is 0 Å². The van der Waals surface area contributed by atoms with Crippen LogP contribution in [0.4, 0.5) is 0 Å². The molecule has 1 saturated heterocycles. The number of benzene rings is 2. The van der Waals surface area contributed by atoms with Crippen LogP contribution in [0.2, 0.25) is 0 Å². The van der Waals surface area contributed by atoms with E-state index in [1.165, 1.54) is 22.3 Å². The quantitative estimate of drug-likeness (QED) is 0.636. The molecule has 0 amide bonds. The minimum absolute atomic E-state index is 0.0837. The van der Waals surface area contributed by atoms with Crippen molar-refractivity contribution in [2.24, 2.45) is 0 Å². The van der Waals surface area contributed by atoms with Crippen molar-refractivity contribution in [1.82, 2.24) is 0 Å². The Morgan fingerprint density at radius 2 is 1.33 bits per heavy atom. The number of fused-ring (bicyclic) bond motifs is 3. The van der Waals surface area contributed by atoms with E-state index in [1.54, 1.807) is 0 Å². The Bertz CT molecular complexity index is 824. The van der Waals surface area contributed by atoms with Crippen LogP contribution < -0.4 is 5.46 Å². The summed E-state index contributed by atoms with van der Waals surface area (Å²) in [5.41, 5.74) is 6.08. The van der Waals surface area contributed by atoms with Crippen LogP contribution in [0.15, 0.2) is 42.5 Å². The Morgan fingerprint density at radius 1 is 0.778 bits per heavy atom. The highest BCUT2D eigenvalue weighted by Gasteiger charge is 2.52. The zero-order chi connectivity index (χ0) is 20.0. The first-order valence-corrected chi connectivity index (χ1v) is 10.3. The molecule has 1 atom stereocenters. The monoisotopic (exact) mass is 364 g/mol. The van der Waals surface area contributed by atoms with Crippen LogP contribution in [0.5, 0.6) is 0 Å². The van der Waals surface area contributed by atoms with Crippen LogP contribution in [-0.2, 0) is 14.7 Å². The van der Waals surface area contributed by atoms with E-state index in [0.29, 0.717) is 0 Å². The van der Waals surface area contributed by atoms with Crippen molar-refractivity contribution in [2.75, 3.05) is 0 Å². The third kappa shape index (κ3) is 2.96. The van der Waals surface area contributed by atoms with Crippen LogP contribution in [0.3, 0.4) is 0 Å². The molecule has 0 saturated carbocycles. The van der Waals surface area contributed by atoms with Crippen molar-refractivity contribution in [2.45, 2.75) is 78.4 Å². The Kier molecular flexibility index (Phi) is 5.07. The lowest BCUT2D eigenvalue weighted by Crippen LogP contribution is -2.41. The molecule has 144 valence electrons. The van der Waals surface area contributed by atoms with E-state index in [1.807, 2.05) is 13.8 Å². The van der Waals surface area contributed by atoms with Gasteiger partial charge in [0.15, 0.2) is 0 Å². The number of rotatable bonds is 2. The molecular weight excluding hydrogens is 331 g/mol. The van der Waals surface area contributed by atoms with Gasteiger partial charge in [-0.25, -0.2) is 0 Å². The fourth-order valence-corrected chi connectivity index (χ4v) is 4.12. The fraction of sp³-hybridized carbons (Fsp3) is 0.500. The molecule has 2 aromatic rings. The molecule has 0 radical (unpaired) electrons. The Morgan fingerprint density at radius 3 is 1.93 bits per heavy atom. The summed E-state index contributed by atoms with van der Waals surface area (Å²) in [6, 6.07) is 15.5. The second kappa shape index (κ2) is 6.79. The van der Waals surface area contributed by atoms with Gasteiger partial charge < -0.3 is 9.31 Å². The first-order valence-electron chi connectivity index (χ1n) is 10.3. The minimum atomic E-state index is -0.313. The average molecular weight is 364 g/mol. The molecule has 27 heavy (non-hydrogen) atoms. The summed E-state index contributed by atoms with van der Waals surface area (Å²) in [5, 5.41) is 0. The lowest BCUT2D eigenvalue weighted by molar-refractivity contribution is 0.00578. The van der Waals surface area contributed by atoms with Crippen LogP contribution in [0.1, 0.15) is 72.9 Å². The third-order valence-electron chi connectivity index (χ3n) is 6.68. The molecule has 0 bridgehead atoms. The van der Waals surface area contributed by atoms with Crippen LogP contribution in [0.25, 0.3) is 11.1 Å². The summed E-state index contributed by atoms with van der Waals surface area (Å²) in [4.78, 5) is 0. The molecule has 0 N–H and O–H groups in total. The molecular formula is C24H33BO2. The maximum Gasteiger partial charge on any atom is 0.494 e. The molecule has 1 fully saturated rings. The third-order valence-corrected chi connectivity index (χ3v) is 6.68. The zero-order valence-electron chi connectivity index (χ0n) is 18.1. The van der Waals surface area contributed by atoms with Gasteiger partial charge >= 0.3 is 7.12 Å². The van der Waals surface area contributed by atoms with Gasteiger partial charge in [0.1, 0.15) is 0 Å². The summed E-state index contributed by atoms with van der Waals surface area (Å²) in [5.74, 6) is 0. The van der Waals surface area contributed by atoms with Crippen molar-refractivity contribution in [3.8, 4) is 11.1 Å². The summed E-state index contributed by atoms with van der Waals surface area (Å²) in [6.07, 6.45) is 1.09. The molecule has 2 aromatic carbocycles. The highest BCUT2D eigenvalue weighted by Crippen LogP contribution is 2.50. The molecule has 1 unspecified atom stereocenters. The minimum Gasteiger partial charge on any atom is -0.399 e. The molecule has 1 aliphatic heterocycles. The van der Waals surface area contributed by atoms with Crippen molar-refractivity contribution < 1.29 is 9.31 Å². The van der Waals surface area contributed by atoms with E-state index in [0.717, 1.165) is 11.9 Å². The van der Waals surface area contributed by atoms with Crippen molar-refractivity contribution in [3.05, 3.63) is 53.6 Å². The normalized spacial score (nSPS) is 24.1. The molecule has 0 aromatic heterocycles. The Balaban J connectivity index is 0.00000102. The van der Waals surface area contributed by atoms with Gasteiger partial charge in [-0.05, 0) is 61.8 Å². The van der Waals surface area contributed by atoms with E-state index in [9.17, 15) is 0 Å². The summed E-state index contributed by atoms with van der Waals surface area (Å²) < 4.78 is 12.5. The molecule has 1 heterocycles. The number of hydrogen-bond donors (Lipinski definition) is 0. The lowest BCUT2D eigenvalue weighted by Gasteiger charge is -2.32. The molecule has 1 aliphatic carbocycles. The summed E-state index contributed by atoms with van der Waals surface area (Å²) in [7, 11) is -0.309. The average Bonchev–Trinajstić information content (AvgIpc) is 3.05. The van der Waals surface area contributed by atoms with Crippen molar-refractivity contribution >= 4 is 12.6 Å². The smallest absolute Gasteiger partial charge is 0.399 e. The predicted octanol–water partition coefficient (Wildman–Crippen LogP) is 5.71. The Hall–Kier alpha value is -1.58. The topological polar surface area (TPSA) is 18.5 Å². The van der Waals surface area contributed by atoms with Crippen molar-refractivity contribution in [1.29, 1.82) is 0 Å². The first-order chi connectivity index (χ1) is 12.7. The van der Waals surface area contributed by atoms with E-state index in [4.69, 9.17) is 9.31 Å². The van der Waals surface area contributed by atoms with Gasteiger partial charge in [-0.3, -0.25) is 0 Å². The van der Waals surface area contributed by atoms with Gasteiger partial charge in [-0.1, -0.05) is 70.2 Å². The highest BCUT2D eigenvalue weighted by atomic mass is 16.7. The predicted molar refractivity (Wildman–Crippen MR) is 116 cm³/mol. The molecule has 2 aliphatic rings. The van der Waals surface area contributed by atoms with Crippen LogP contribution >= 0.6 is 0 Å². The second-order valence-corrected chi connectivity index (χ2v) is 8.62. The van der Waals surface area contributed by atoms with Gasteiger partial charge in [0.05, 0.1) is 11.2 Å².